The molecule has 0 aromatic heterocycles. The van der Waals surface area contributed by atoms with Crippen molar-refractivity contribution in [2.24, 2.45) is 0 Å². The first kappa shape index (κ1) is 9.86. The van der Waals surface area contributed by atoms with Gasteiger partial charge in [-0.1, -0.05) is 54.6 Å². The zero-order valence-corrected chi connectivity index (χ0v) is 9.30. The van der Waals surface area contributed by atoms with Crippen LogP contribution in [-0.2, 0) is 0 Å². The third kappa shape index (κ3) is 1.46. The molecule has 3 rings (SSSR count). The molecule has 1 nitrogen and oxygen atoms in total. The van der Waals surface area contributed by atoms with Crippen LogP contribution in [0.5, 0.6) is 0 Å². The zero-order chi connectivity index (χ0) is 11.7. The first-order chi connectivity index (χ1) is 8.42. The van der Waals surface area contributed by atoms with Gasteiger partial charge in [0.1, 0.15) is 0 Å². The number of rotatable bonds is 1. The first-order valence-corrected chi connectivity index (χ1v) is 5.66. The maximum atomic E-state index is 8.69. The summed E-state index contributed by atoms with van der Waals surface area (Å²) in [7, 11) is 0. The average Bonchev–Trinajstić information content (AvgIpc) is 2.71. The van der Waals surface area contributed by atoms with Crippen molar-refractivity contribution in [1.29, 1.82) is 5.26 Å². The van der Waals surface area contributed by atoms with Crippen molar-refractivity contribution in [3.05, 3.63) is 71.8 Å². The fraction of sp³-hybridized carbons (Fsp3) is 0.0625. The monoisotopic (exact) mass is 217 g/mol. The lowest BCUT2D eigenvalue weighted by atomic mass is 9.97. The molecule has 1 aliphatic carbocycles. The van der Waals surface area contributed by atoms with E-state index in [9.17, 15) is 0 Å². The number of hydrogen-bond acceptors (Lipinski definition) is 1. The van der Waals surface area contributed by atoms with Gasteiger partial charge in [0, 0.05) is 12.0 Å². The van der Waals surface area contributed by atoms with Crippen molar-refractivity contribution in [3.8, 4) is 17.2 Å². The number of hydrogen-bond donors (Lipinski definition) is 0. The molecule has 0 radical (unpaired) electrons. The second-order valence-corrected chi connectivity index (χ2v) is 4.14. The van der Waals surface area contributed by atoms with Crippen LogP contribution in [0, 0.1) is 11.3 Å². The molecule has 80 valence electrons. The fourth-order valence-electron chi connectivity index (χ4n) is 2.54. The molecule has 2 aromatic carbocycles. The Morgan fingerprint density at radius 3 is 1.94 bits per heavy atom. The van der Waals surface area contributed by atoms with Crippen LogP contribution < -0.4 is 0 Å². The first-order valence-electron chi connectivity index (χ1n) is 5.66. The van der Waals surface area contributed by atoms with Crippen LogP contribution in [0.4, 0.5) is 0 Å². The van der Waals surface area contributed by atoms with Crippen molar-refractivity contribution in [1.82, 2.24) is 0 Å². The molecule has 0 atom stereocenters. The summed E-state index contributed by atoms with van der Waals surface area (Å²) in [5.41, 5.74) is 5.16. The third-order valence-electron chi connectivity index (χ3n) is 3.25. The second-order valence-electron chi connectivity index (χ2n) is 4.14. The van der Waals surface area contributed by atoms with Crippen molar-refractivity contribution in [3.63, 3.8) is 0 Å². The van der Waals surface area contributed by atoms with E-state index in [1.54, 1.807) is 6.08 Å². The van der Waals surface area contributed by atoms with Gasteiger partial charge in [-0.15, -0.1) is 0 Å². The Morgan fingerprint density at radius 2 is 1.41 bits per heavy atom. The van der Waals surface area contributed by atoms with E-state index in [4.69, 9.17) is 5.26 Å². The van der Waals surface area contributed by atoms with E-state index >= 15 is 0 Å². The molecule has 17 heavy (non-hydrogen) atoms. The maximum absolute atomic E-state index is 8.69. The molecule has 0 N–H and O–H groups in total. The van der Waals surface area contributed by atoms with Gasteiger partial charge < -0.3 is 0 Å². The Morgan fingerprint density at radius 1 is 0.882 bits per heavy atom. The standard InChI is InChI=1S/C16H11N/c17-11-5-10-16-14-8-3-1-6-12(14)13-7-2-4-9-15(13)16/h1-10,16H. The molecule has 0 bridgehead atoms. The van der Waals surface area contributed by atoms with Crippen LogP contribution in [0.25, 0.3) is 11.1 Å². The highest BCUT2D eigenvalue weighted by Gasteiger charge is 2.25. The molecule has 0 spiro atoms. The van der Waals surface area contributed by atoms with E-state index < -0.39 is 0 Å². The van der Waals surface area contributed by atoms with Crippen LogP contribution in [0.3, 0.4) is 0 Å². The number of fused-ring (bicyclic) bond motifs is 3. The lowest BCUT2D eigenvalue weighted by Gasteiger charge is -2.06. The SMILES string of the molecule is N#CC=CC1c2ccccc2-c2ccccc21. The van der Waals surface area contributed by atoms with Crippen LogP contribution >= 0.6 is 0 Å². The molecule has 1 heteroatoms. The highest BCUT2D eigenvalue weighted by atomic mass is 14.3. The van der Waals surface area contributed by atoms with Crippen molar-refractivity contribution in [2.75, 3.05) is 0 Å². The molecular formula is C16H11N. The highest BCUT2D eigenvalue weighted by Crippen LogP contribution is 2.44. The predicted octanol–water partition coefficient (Wildman–Crippen LogP) is 3.88. The van der Waals surface area contributed by atoms with Crippen LogP contribution in [0.2, 0.25) is 0 Å². The molecule has 0 unspecified atom stereocenters. The third-order valence-corrected chi connectivity index (χ3v) is 3.25. The summed E-state index contributed by atoms with van der Waals surface area (Å²) in [6, 6.07) is 18.9. The Bertz CT molecular complexity index is 586. The van der Waals surface area contributed by atoms with Crippen molar-refractivity contribution < 1.29 is 0 Å². The minimum absolute atomic E-state index is 0.224. The molecular weight excluding hydrogens is 206 g/mol. The van der Waals surface area contributed by atoms with E-state index in [-0.39, 0.29) is 5.92 Å². The average molecular weight is 217 g/mol. The number of nitrogens with zero attached hydrogens (tertiary/aromatic N) is 1. The lowest BCUT2D eigenvalue weighted by Crippen LogP contribution is -1.91. The molecule has 0 aliphatic heterocycles. The Kier molecular flexibility index (Phi) is 2.27. The quantitative estimate of drug-likeness (QED) is 0.665. The van der Waals surface area contributed by atoms with E-state index in [0.717, 1.165) is 0 Å². The minimum Gasteiger partial charge on any atom is -0.193 e. The van der Waals surface area contributed by atoms with Gasteiger partial charge in [0.05, 0.1) is 6.07 Å². The van der Waals surface area contributed by atoms with Gasteiger partial charge in [-0.3, -0.25) is 0 Å². The highest BCUT2D eigenvalue weighted by molar-refractivity contribution is 5.79. The summed E-state index contributed by atoms with van der Waals surface area (Å²) in [5.74, 6) is 0.224. The predicted molar refractivity (Wildman–Crippen MR) is 68.5 cm³/mol. The van der Waals surface area contributed by atoms with Gasteiger partial charge >= 0.3 is 0 Å². The summed E-state index contributed by atoms with van der Waals surface area (Å²) in [5, 5.41) is 8.69. The number of nitriles is 1. The smallest absolute Gasteiger partial charge is 0.0909 e. The van der Waals surface area contributed by atoms with Crippen LogP contribution in [0.15, 0.2) is 60.7 Å². The Balaban J connectivity index is 2.24. The molecule has 0 heterocycles. The largest absolute Gasteiger partial charge is 0.193 e. The summed E-state index contributed by atoms with van der Waals surface area (Å²) >= 11 is 0. The minimum atomic E-state index is 0.224. The van der Waals surface area contributed by atoms with E-state index in [2.05, 4.69) is 54.6 Å². The van der Waals surface area contributed by atoms with Crippen LogP contribution in [0.1, 0.15) is 17.0 Å². The van der Waals surface area contributed by atoms with E-state index in [1.165, 1.54) is 22.3 Å². The van der Waals surface area contributed by atoms with Gasteiger partial charge in [-0.25, -0.2) is 0 Å². The molecule has 0 amide bonds. The lowest BCUT2D eigenvalue weighted by molar-refractivity contribution is 1.07. The fourth-order valence-corrected chi connectivity index (χ4v) is 2.54. The van der Waals surface area contributed by atoms with Gasteiger partial charge in [-0.05, 0) is 22.3 Å². The molecule has 2 aromatic rings. The molecule has 0 saturated heterocycles. The number of allylic oxidation sites excluding steroid dienone is 2. The number of benzene rings is 2. The zero-order valence-electron chi connectivity index (χ0n) is 9.30. The normalized spacial score (nSPS) is 13.4. The van der Waals surface area contributed by atoms with Crippen molar-refractivity contribution >= 4 is 0 Å². The van der Waals surface area contributed by atoms with Crippen molar-refractivity contribution in [2.45, 2.75) is 5.92 Å². The van der Waals surface area contributed by atoms with Gasteiger partial charge in [0.25, 0.3) is 0 Å². The Labute approximate surface area is 101 Å². The summed E-state index contributed by atoms with van der Waals surface area (Å²) < 4.78 is 0. The van der Waals surface area contributed by atoms with Gasteiger partial charge in [0.15, 0.2) is 0 Å². The Hall–Kier alpha value is -2.33. The van der Waals surface area contributed by atoms with Gasteiger partial charge in [0.2, 0.25) is 0 Å². The second kappa shape index (κ2) is 3.92. The molecule has 0 fully saturated rings. The maximum Gasteiger partial charge on any atom is 0.0909 e. The van der Waals surface area contributed by atoms with Gasteiger partial charge in [-0.2, -0.15) is 5.26 Å². The molecule has 1 aliphatic rings. The topological polar surface area (TPSA) is 23.8 Å². The summed E-state index contributed by atoms with van der Waals surface area (Å²) in [6.07, 6.45) is 3.55. The molecule has 0 saturated carbocycles. The van der Waals surface area contributed by atoms with Crippen LogP contribution in [-0.4, -0.2) is 0 Å². The summed E-state index contributed by atoms with van der Waals surface area (Å²) in [6.45, 7) is 0. The summed E-state index contributed by atoms with van der Waals surface area (Å²) in [4.78, 5) is 0. The van der Waals surface area contributed by atoms with E-state index in [0.29, 0.717) is 0 Å². The van der Waals surface area contributed by atoms with E-state index in [1.807, 2.05) is 6.08 Å².